The molecule has 0 aliphatic carbocycles. The zero-order valence-corrected chi connectivity index (χ0v) is 21.8. The van der Waals surface area contributed by atoms with E-state index < -0.39 is 23.8 Å². The molecule has 0 saturated carbocycles. The summed E-state index contributed by atoms with van der Waals surface area (Å²) < 4.78 is 64.9. The standard InChI is InChI=1S/C25H32F2N2O2.C2HF3O2/c1-17(2)31-22-7-5-19(6-8-22)14-25(30)29(21-9-11-28(4)12-10-21)16-20-15-24(27)23(26)13-18(20)3;3-2(4,5)1(6)7/h5-8,13,15,17,21H,9-12,14,16H2,1-4H3;(H,6,7). The monoisotopic (exact) mass is 544 g/mol. The molecule has 6 nitrogen and oxygen atoms in total. The quantitative estimate of drug-likeness (QED) is 0.476. The van der Waals surface area contributed by atoms with Gasteiger partial charge in [0, 0.05) is 12.6 Å². The SMILES string of the molecule is Cc1cc(F)c(F)cc1CN(C(=O)Cc1ccc(OC(C)C)cc1)C1CCN(C)CC1.O=C(O)C(F)(F)F. The summed E-state index contributed by atoms with van der Waals surface area (Å²) in [5.41, 5.74) is 2.20. The van der Waals surface area contributed by atoms with Crippen LogP contribution in [0.5, 0.6) is 5.75 Å². The predicted molar refractivity (Wildman–Crippen MR) is 132 cm³/mol. The molecule has 0 aromatic heterocycles. The lowest BCUT2D eigenvalue weighted by atomic mass is 10.00. The van der Waals surface area contributed by atoms with Gasteiger partial charge in [-0.3, -0.25) is 4.79 Å². The number of likely N-dealkylation sites (tertiary alicyclic amines) is 1. The highest BCUT2D eigenvalue weighted by Crippen LogP contribution is 2.23. The molecule has 0 spiro atoms. The lowest BCUT2D eigenvalue weighted by Crippen LogP contribution is -2.46. The van der Waals surface area contributed by atoms with Crippen molar-refractivity contribution in [3.8, 4) is 5.75 Å². The molecule has 0 unspecified atom stereocenters. The summed E-state index contributed by atoms with van der Waals surface area (Å²) >= 11 is 0. The Labute approximate surface area is 219 Å². The fourth-order valence-electron chi connectivity index (χ4n) is 4.00. The van der Waals surface area contributed by atoms with E-state index in [9.17, 15) is 26.7 Å². The van der Waals surface area contributed by atoms with Gasteiger partial charge >= 0.3 is 12.1 Å². The minimum Gasteiger partial charge on any atom is -0.491 e. The van der Waals surface area contributed by atoms with Gasteiger partial charge in [0.2, 0.25) is 5.91 Å². The molecule has 210 valence electrons. The molecular weight excluding hydrogens is 511 g/mol. The number of carbonyl (C=O) groups excluding carboxylic acids is 1. The van der Waals surface area contributed by atoms with E-state index in [1.165, 1.54) is 12.1 Å². The molecule has 38 heavy (non-hydrogen) atoms. The summed E-state index contributed by atoms with van der Waals surface area (Å²) in [7, 11) is 2.07. The van der Waals surface area contributed by atoms with Gasteiger partial charge in [-0.25, -0.2) is 13.6 Å². The van der Waals surface area contributed by atoms with Gasteiger partial charge in [0.15, 0.2) is 11.6 Å². The third kappa shape index (κ3) is 9.59. The number of carbonyl (C=O) groups is 2. The van der Waals surface area contributed by atoms with Crippen molar-refractivity contribution in [3.63, 3.8) is 0 Å². The van der Waals surface area contributed by atoms with E-state index in [4.69, 9.17) is 14.6 Å². The van der Waals surface area contributed by atoms with Crippen molar-refractivity contribution in [1.82, 2.24) is 9.80 Å². The van der Waals surface area contributed by atoms with Gasteiger partial charge in [0.1, 0.15) is 5.75 Å². The largest absolute Gasteiger partial charge is 0.491 e. The molecule has 0 atom stereocenters. The van der Waals surface area contributed by atoms with Gasteiger partial charge in [-0.15, -0.1) is 0 Å². The van der Waals surface area contributed by atoms with E-state index >= 15 is 0 Å². The van der Waals surface area contributed by atoms with Crippen LogP contribution < -0.4 is 4.74 Å². The first-order valence-corrected chi connectivity index (χ1v) is 12.2. The third-order valence-corrected chi connectivity index (χ3v) is 6.06. The Morgan fingerprint density at radius 2 is 1.61 bits per heavy atom. The van der Waals surface area contributed by atoms with Crippen LogP contribution in [0, 0.1) is 18.6 Å². The number of aliphatic carboxylic acids is 1. The fraction of sp³-hybridized carbons (Fsp3) is 0.481. The highest BCUT2D eigenvalue weighted by atomic mass is 19.4. The lowest BCUT2D eigenvalue weighted by Gasteiger charge is -2.38. The summed E-state index contributed by atoms with van der Waals surface area (Å²) in [6.07, 6.45) is -3.00. The van der Waals surface area contributed by atoms with Gasteiger partial charge in [-0.1, -0.05) is 12.1 Å². The second kappa shape index (κ2) is 13.5. The number of carboxylic acid groups (broad SMARTS) is 1. The van der Waals surface area contributed by atoms with Crippen molar-refractivity contribution in [2.24, 2.45) is 0 Å². The molecule has 1 heterocycles. The molecule has 1 aliphatic heterocycles. The maximum atomic E-state index is 13.9. The number of ether oxygens (including phenoxy) is 1. The van der Waals surface area contributed by atoms with Gasteiger partial charge in [0.05, 0.1) is 12.5 Å². The van der Waals surface area contributed by atoms with Crippen LogP contribution in [0.2, 0.25) is 0 Å². The number of amides is 1. The Hall–Kier alpha value is -3.21. The lowest BCUT2D eigenvalue weighted by molar-refractivity contribution is -0.192. The van der Waals surface area contributed by atoms with Crippen molar-refractivity contribution in [3.05, 3.63) is 64.7 Å². The number of carboxylic acids is 1. The van der Waals surface area contributed by atoms with Crippen LogP contribution in [-0.4, -0.2) is 65.2 Å². The van der Waals surface area contributed by atoms with Crippen molar-refractivity contribution >= 4 is 11.9 Å². The summed E-state index contributed by atoms with van der Waals surface area (Å²) in [4.78, 5) is 26.3. The number of rotatable bonds is 7. The van der Waals surface area contributed by atoms with Crippen LogP contribution in [0.3, 0.4) is 0 Å². The maximum Gasteiger partial charge on any atom is 0.490 e. The Bertz CT molecular complexity index is 1080. The number of halogens is 5. The van der Waals surface area contributed by atoms with Gasteiger partial charge < -0.3 is 19.6 Å². The maximum absolute atomic E-state index is 13.9. The van der Waals surface area contributed by atoms with Crippen molar-refractivity contribution < 1.29 is 41.4 Å². The van der Waals surface area contributed by atoms with Gasteiger partial charge in [-0.2, -0.15) is 13.2 Å². The predicted octanol–water partition coefficient (Wildman–Crippen LogP) is 5.36. The second-order valence-corrected chi connectivity index (χ2v) is 9.54. The number of piperidine rings is 1. The average Bonchev–Trinajstić information content (AvgIpc) is 2.82. The molecule has 1 amide bonds. The first-order chi connectivity index (χ1) is 17.7. The molecule has 0 radical (unpaired) electrons. The topological polar surface area (TPSA) is 70.1 Å². The zero-order valence-electron chi connectivity index (χ0n) is 21.8. The Morgan fingerprint density at radius 1 is 1.08 bits per heavy atom. The number of benzene rings is 2. The van der Waals surface area contributed by atoms with E-state index in [-0.39, 0.29) is 31.0 Å². The molecule has 1 fully saturated rings. The second-order valence-electron chi connectivity index (χ2n) is 9.54. The highest BCUT2D eigenvalue weighted by Gasteiger charge is 2.38. The van der Waals surface area contributed by atoms with Crippen LogP contribution >= 0.6 is 0 Å². The molecule has 3 rings (SSSR count). The average molecular weight is 545 g/mol. The van der Waals surface area contributed by atoms with E-state index in [0.717, 1.165) is 37.2 Å². The molecular formula is C27H33F5N2O4. The molecule has 2 aromatic carbocycles. The molecule has 1 aliphatic rings. The summed E-state index contributed by atoms with van der Waals surface area (Å²) in [5, 5.41) is 7.12. The number of hydrogen-bond acceptors (Lipinski definition) is 4. The number of hydrogen-bond donors (Lipinski definition) is 1. The highest BCUT2D eigenvalue weighted by molar-refractivity contribution is 5.79. The van der Waals surface area contributed by atoms with Gasteiger partial charge in [0.25, 0.3) is 0 Å². The first kappa shape index (κ1) is 31.0. The zero-order chi connectivity index (χ0) is 28.6. The van der Waals surface area contributed by atoms with Crippen LogP contribution in [-0.2, 0) is 22.6 Å². The number of alkyl halides is 3. The molecule has 1 saturated heterocycles. The smallest absolute Gasteiger partial charge is 0.490 e. The van der Waals surface area contributed by atoms with E-state index in [1.54, 1.807) is 6.92 Å². The summed E-state index contributed by atoms with van der Waals surface area (Å²) in [5.74, 6) is -3.72. The first-order valence-electron chi connectivity index (χ1n) is 12.2. The molecule has 11 heteroatoms. The van der Waals surface area contributed by atoms with Crippen molar-refractivity contribution in [1.29, 1.82) is 0 Å². The minimum atomic E-state index is -5.08. The van der Waals surface area contributed by atoms with E-state index in [1.807, 2.05) is 43.0 Å². The van der Waals surface area contributed by atoms with E-state index in [2.05, 4.69) is 11.9 Å². The van der Waals surface area contributed by atoms with Crippen LogP contribution in [0.1, 0.15) is 43.4 Å². The minimum absolute atomic E-state index is 0.00351. The van der Waals surface area contributed by atoms with E-state index in [0.29, 0.717) is 11.1 Å². The summed E-state index contributed by atoms with van der Waals surface area (Å²) in [6, 6.07) is 10.1. The van der Waals surface area contributed by atoms with Crippen molar-refractivity contribution in [2.45, 2.75) is 64.9 Å². The Kier molecular flexibility index (Phi) is 11.1. The Morgan fingerprint density at radius 3 is 2.11 bits per heavy atom. The molecule has 1 N–H and O–H groups in total. The van der Waals surface area contributed by atoms with Crippen LogP contribution in [0.15, 0.2) is 36.4 Å². The number of aryl methyl sites for hydroxylation is 1. The van der Waals surface area contributed by atoms with Gasteiger partial charge in [-0.05, 0) is 94.7 Å². The summed E-state index contributed by atoms with van der Waals surface area (Å²) in [6.45, 7) is 7.79. The fourth-order valence-corrected chi connectivity index (χ4v) is 4.00. The normalized spacial score (nSPS) is 14.6. The third-order valence-electron chi connectivity index (χ3n) is 6.06. The number of nitrogens with zero attached hydrogens (tertiary/aromatic N) is 2. The van der Waals surface area contributed by atoms with Crippen LogP contribution in [0.25, 0.3) is 0 Å². The van der Waals surface area contributed by atoms with Crippen LogP contribution in [0.4, 0.5) is 22.0 Å². The molecule has 2 aromatic rings. The van der Waals surface area contributed by atoms with Crippen molar-refractivity contribution in [2.75, 3.05) is 20.1 Å². The molecule has 0 bridgehead atoms. The Balaban J connectivity index is 0.000000638.